The number of carboxylic acid groups (broad SMARTS) is 1. The second-order valence-corrected chi connectivity index (χ2v) is 7.74. The molecule has 4 nitrogen and oxygen atoms in total. The minimum atomic E-state index is -4.48. The van der Waals surface area contributed by atoms with Crippen LogP contribution in [0.5, 0.6) is 5.75 Å². The molecule has 0 unspecified atom stereocenters. The molecule has 3 atom stereocenters. The van der Waals surface area contributed by atoms with Crippen LogP contribution in [-0.4, -0.2) is 21.1 Å². The minimum absolute atomic E-state index is 0.0920. The smallest absolute Gasteiger partial charge is 0.416 e. The molecule has 140 valence electrons. The average Bonchev–Trinajstić information content (AvgIpc) is 3.18. The summed E-state index contributed by atoms with van der Waals surface area (Å²) in [5.41, 5.74) is -0.853. The van der Waals surface area contributed by atoms with Crippen LogP contribution in [0.25, 0.3) is 0 Å². The van der Waals surface area contributed by atoms with Crippen LogP contribution in [0.2, 0.25) is 5.02 Å². The fraction of sp³-hybridized carbons (Fsp3) is 0.353. The Kier molecular flexibility index (Phi) is 5.43. The van der Waals surface area contributed by atoms with Gasteiger partial charge in [0.1, 0.15) is 29.3 Å². The van der Waals surface area contributed by atoms with E-state index in [0.717, 1.165) is 18.2 Å². The van der Waals surface area contributed by atoms with Crippen molar-refractivity contribution in [3.8, 4) is 5.75 Å². The summed E-state index contributed by atoms with van der Waals surface area (Å²) in [5, 5.41) is 8.90. The zero-order chi connectivity index (χ0) is 19.1. The molecule has 0 bridgehead atoms. The number of hydrogen-bond donors (Lipinski definition) is 1. The topological polar surface area (TPSA) is 55.8 Å². The summed E-state index contributed by atoms with van der Waals surface area (Å²) >= 11 is 7.93. The van der Waals surface area contributed by atoms with Gasteiger partial charge in [-0.1, -0.05) is 34.2 Å². The number of alkyl halides is 4. The van der Waals surface area contributed by atoms with Crippen molar-refractivity contribution in [3.63, 3.8) is 0 Å². The van der Waals surface area contributed by atoms with Gasteiger partial charge in [-0.05, 0) is 30.7 Å². The Morgan fingerprint density at radius 3 is 2.65 bits per heavy atom. The first-order chi connectivity index (χ1) is 12.2. The Balaban J connectivity index is 1.68. The summed E-state index contributed by atoms with van der Waals surface area (Å²) in [6.07, 6.45) is -0.278. The third kappa shape index (κ3) is 4.28. The highest BCUT2D eigenvalue weighted by atomic mass is 127. The maximum absolute atomic E-state index is 12.7. The lowest BCUT2D eigenvalue weighted by atomic mass is 10.1. The normalized spacial score (nSPS) is 25.2. The molecule has 1 saturated carbocycles. The van der Waals surface area contributed by atoms with Crippen LogP contribution in [0.4, 0.5) is 13.2 Å². The van der Waals surface area contributed by atoms with Crippen LogP contribution in [0, 0.1) is 5.92 Å². The number of benzene rings is 1. The van der Waals surface area contributed by atoms with E-state index in [-0.39, 0.29) is 20.8 Å². The fourth-order valence-corrected chi connectivity index (χ4v) is 3.83. The molecule has 0 radical (unpaired) electrons. The largest absolute Gasteiger partial charge is 0.493 e. The number of aliphatic carboxylic acids is 1. The van der Waals surface area contributed by atoms with E-state index in [0.29, 0.717) is 24.4 Å². The highest BCUT2D eigenvalue weighted by Crippen LogP contribution is 2.44. The van der Waals surface area contributed by atoms with Crippen molar-refractivity contribution in [1.29, 1.82) is 0 Å². The molecule has 3 rings (SSSR count). The van der Waals surface area contributed by atoms with Gasteiger partial charge < -0.3 is 14.6 Å². The predicted molar refractivity (Wildman–Crippen MR) is 96.3 cm³/mol. The van der Waals surface area contributed by atoms with Crippen molar-refractivity contribution < 1.29 is 32.5 Å². The van der Waals surface area contributed by atoms with Gasteiger partial charge in [0.15, 0.2) is 0 Å². The molecule has 0 aromatic heterocycles. The van der Waals surface area contributed by atoms with Gasteiger partial charge in [-0.25, -0.2) is 0 Å². The second-order valence-electron chi connectivity index (χ2n) is 5.89. The van der Waals surface area contributed by atoms with E-state index in [4.69, 9.17) is 26.2 Å². The maximum Gasteiger partial charge on any atom is 0.416 e. The van der Waals surface area contributed by atoms with Crippen molar-refractivity contribution in [2.24, 2.45) is 5.92 Å². The van der Waals surface area contributed by atoms with E-state index in [1.54, 1.807) is 12.2 Å². The molecule has 1 fully saturated rings. The van der Waals surface area contributed by atoms with Crippen LogP contribution in [0.1, 0.15) is 18.4 Å². The van der Waals surface area contributed by atoms with Crippen molar-refractivity contribution in [3.05, 3.63) is 52.5 Å². The van der Waals surface area contributed by atoms with Crippen molar-refractivity contribution in [2.45, 2.75) is 29.0 Å². The van der Waals surface area contributed by atoms with E-state index in [2.05, 4.69) is 0 Å². The lowest BCUT2D eigenvalue weighted by Crippen LogP contribution is -2.08. The molecule has 1 aromatic carbocycles. The molecule has 26 heavy (non-hydrogen) atoms. The molecule has 0 aliphatic heterocycles. The molecule has 2 aliphatic rings. The SMILES string of the molecule is O=C(O)[C@@H]1[C@@H](I)[C@H]1OC1=CC(Oc2ccc(C(F)(F)F)cc2Cl)=CCC1. The van der Waals surface area contributed by atoms with Gasteiger partial charge in [0, 0.05) is 12.5 Å². The summed E-state index contributed by atoms with van der Waals surface area (Å²) in [4.78, 5) is 11.0. The zero-order valence-corrected chi connectivity index (χ0v) is 16.0. The Morgan fingerprint density at radius 1 is 1.35 bits per heavy atom. The van der Waals surface area contributed by atoms with Crippen LogP contribution in [0.15, 0.2) is 41.9 Å². The monoisotopic (exact) mass is 500 g/mol. The van der Waals surface area contributed by atoms with Crippen LogP contribution in [-0.2, 0) is 15.7 Å². The van der Waals surface area contributed by atoms with Gasteiger partial charge >= 0.3 is 12.1 Å². The highest BCUT2D eigenvalue weighted by molar-refractivity contribution is 14.1. The maximum atomic E-state index is 12.7. The van der Waals surface area contributed by atoms with E-state index < -0.39 is 23.6 Å². The first kappa shape index (κ1) is 19.3. The minimum Gasteiger partial charge on any atom is -0.493 e. The second kappa shape index (κ2) is 7.30. The van der Waals surface area contributed by atoms with Crippen LogP contribution < -0.4 is 4.74 Å². The lowest BCUT2D eigenvalue weighted by molar-refractivity contribution is -0.139. The molecule has 0 amide bonds. The fourth-order valence-electron chi connectivity index (χ4n) is 2.54. The highest BCUT2D eigenvalue weighted by Gasteiger charge is 2.56. The van der Waals surface area contributed by atoms with Crippen LogP contribution >= 0.6 is 34.2 Å². The zero-order valence-electron chi connectivity index (χ0n) is 13.1. The molecule has 9 heteroatoms. The van der Waals surface area contributed by atoms with E-state index in [9.17, 15) is 18.0 Å². The summed E-state index contributed by atoms with van der Waals surface area (Å²) in [5.74, 6) is -0.345. The quantitative estimate of drug-likeness (QED) is 0.446. The Labute approximate surface area is 165 Å². The van der Waals surface area contributed by atoms with Gasteiger partial charge in [-0.15, -0.1) is 0 Å². The van der Waals surface area contributed by atoms with Crippen molar-refractivity contribution in [2.75, 3.05) is 0 Å². The summed E-state index contributed by atoms with van der Waals surface area (Å²) in [6, 6.07) is 2.87. The Bertz CT molecular complexity index is 791. The molecule has 0 spiro atoms. The molecule has 1 aromatic rings. The Morgan fingerprint density at radius 2 is 2.08 bits per heavy atom. The number of ether oxygens (including phenoxy) is 2. The van der Waals surface area contributed by atoms with E-state index in [1.165, 1.54) is 0 Å². The average molecular weight is 501 g/mol. The standard InChI is InChI=1S/C17H13ClF3IO4/c18-11-6-8(17(19,20)21)4-5-12(11)25-9-2-1-3-10(7-9)26-15-13(14(15)22)16(23)24/h2,4-7,13-15H,1,3H2,(H,23,24)/t13-,14-,15+/m1/s1. The van der Waals surface area contributed by atoms with Crippen molar-refractivity contribution >= 4 is 40.2 Å². The number of allylic oxidation sites excluding steroid dienone is 3. The van der Waals surface area contributed by atoms with Gasteiger partial charge in [-0.2, -0.15) is 13.2 Å². The Hall–Kier alpha value is -1.42. The first-order valence-electron chi connectivity index (χ1n) is 7.65. The number of hydrogen-bond acceptors (Lipinski definition) is 3. The summed E-state index contributed by atoms with van der Waals surface area (Å²) in [7, 11) is 0. The predicted octanol–water partition coefficient (Wildman–Crippen LogP) is 5.20. The van der Waals surface area contributed by atoms with Gasteiger partial charge in [0.2, 0.25) is 0 Å². The molecular formula is C17H13ClF3IO4. The third-order valence-electron chi connectivity index (χ3n) is 3.97. The van der Waals surface area contributed by atoms with Gasteiger partial charge in [0.25, 0.3) is 0 Å². The van der Waals surface area contributed by atoms with Crippen molar-refractivity contribution in [1.82, 2.24) is 0 Å². The molecule has 1 N–H and O–H groups in total. The molecule has 0 heterocycles. The number of halogens is 5. The molecule has 0 saturated heterocycles. The number of rotatable bonds is 5. The first-order valence-corrected chi connectivity index (χ1v) is 9.28. The van der Waals surface area contributed by atoms with E-state index >= 15 is 0 Å². The number of carbonyl (C=O) groups is 1. The number of carboxylic acids is 1. The molecule has 2 aliphatic carbocycles. The molecular weight excluding hydrogens is 488 g/mol. The van der Waals surface area contributed by atoms with Gasteiger partial charge in [-0.3, -0.25) is 4.79 Å². The summed E-state index contributed by atoms with van der Waals surface area (Å²) < 4.78 is 49.2. The summed E-state index contributed by atoms with van der Waals surface area (Å²) in [6.45, 7) is 0. The van der Waals surface area contributed by atoms with E-state index in [1.807, 2.05) is 22.6 Å². The lowest BCUT2D eigenvalue weighted by Gasteiger charge is -2.17. The third-order valence-corrected chi connectivity index (χ3v) is 5.75. The van der Waals surface area contributed by atoms with Crippen LogP contribution in [0.3, 0.4) is 0 Å². The van der Waals surface area contributed by atoms with Gasteiger partial charge in [0.05, 0.1) is 14.5 Å².